The molecule has 1 N–H and O–H groups in total. The molecule has 1 aromatic heterocycles. The highest BCUT2D eigenvalue weighted by Crippen LogP contribution is 2.52. The van der Waals surface area contributed by atoms with Crippen LogP contribution in [0.5, 0.6) is 23.0 Å². The third-order valence-electron chi connectivity index (χ3n) is 6.30. The summed E-state index contributed by atoms with van der Waals surface area (Å²) in [5.41, 5.74) is 6.61. The summed E-state index contributed by atoms with van der Waals surface area (Å²) < 4.78 is 12.5. The lowest BCUT2D eigenvalue weighted by molar-refractivity contribution is 0.476. The van der Waals surface area contributed by atoms with Crippen LogP contribution >= 0.6 is 0 Å². The summed E-state index contributed by atoms with van der Waals surface area (Å²) in [6, 6.07) is 28.2. The van der Waals surface area contributed by atoms with E-state index in [1.165, 1.54) is 0 Å². The second-order valence-corrected chi connectivity index (χ2v) is 8.45. The van der Waals surface area contributed by atoms with Crippen LogP contribution in [0.2, 0.25) is 0 Å². The highest BCUT2D eigenvalue weighted by Gasteiger charge is 2.29. The monoisotopic (exact) mass is 456 g/mol. The number of nitrogens with zero attached hydrogens (tertiary/aromatic N) is 3. The van der Waals surface area contributed by atoms with Crippen molar-refractivity contribution < 1.29 is 9.47 Å². The van der Waals surface area contributed by atoms with Crippen molar-refractivity contribution in [2.75, 3.05) is 10.2 Å². The molecule has 6 nitrogen and oxygen atoms in total. The maximum Gasteiger partial charge on any atom is 0.159 e. The molecule has 3 heterocycles. The minimum atomic E-state index is 0.761. The Balaban J connectivity index is 1.40. The minimum absolute atomic E-state index is 0.761. The number of nitrogens with one attached hydrogen (secondary N) is 1. The zero-order valence-corrected chi connectivity index (χ0v) is 18.9. The Morgan fingerprint density at radius 3 is 2.34 bits per heavy atom. The van der Waals surface area contributed by atoms with Crippen LogP contribution < -0.4 is 19.7 Å². The second-order valence-electron chi connectivity index (χ2n) is 8.45. The van der Waals surface area contributed by atoms with Crippen LogP contribution in [0.3, 0.4) is 0 Å². The fourth-order valence-electron chi connectivity index (χ4n) is 4.67. The number of fused-ring (bicyclic) bond motifs is 4. The summed E-state index contributed by atoms with van der Waals surface area (Å²) in [6.45, 7) is 1.97. The maximum atomic E-state index is 6.29. The molecule has 6 heteroatoms. The lowest BCUT2D eigenvalue weighted by atomic mass is 10.00. The third kappa shape index (κ3) is 3.11. The predicted molar refractivity (Wildman–Crippen MR) is 137 cm³/mol. The van der Waals surface area contributed by atoms with Gasteiger partial charge in [-0.25, -0.2) is 4.98 Å². The van der Waals surface area contributed by atoms with Gasteiger partial charge in [0.25, 0.3) is 0 Å². The van der Waals surface area contributed by atoms with Crippen LogP contribution in [0.1, 0.15) is 5.69 Å². The SMILES string of the molecule is Cc1nccnc1N1c2ccccc2Oc2ccc(-c3cccc4c3Nc3ccccc3O4)cc21. The molecule has 35 heavy (non-hydrogen) atoms. The average Bonchev–Trinajstić information content (AvgIpc) is 2.90. The van der Waals surface area contributed by atoms with Crippen molar-refractivity contribution in [1.29, 1.82) is 0 Å². The molecule has 0 aliphatic carbocycles. The number of hydrogen-bond acceptors (Lipinski definition) is 6. The number of aromatic nitrogens is 2. The Morgan fingerprint density at radius 2 is 1.43 bits per heavy atom. The molecular weight excluding hydrogens is 436 g/mol. The number of aryl methyl sites for hydroxylation is 1. The number of benzene rings is 4. The van der Waals surface area contributed by atoms with Gasteiger partial charge in [0.15, 0.2) is 28.8 Å². The molecular formula is C29H20N4O2. The third-order valence-corrected chi connectivity index (χ3v) is 6.30. The summed E-state index contributed by atoms with van der Waals surface area (Å²) in [5.74, 6) is 3.92. The van der Waals surface area contributed by atoms with Crippen LogP contribution in [-0.2, 0) is 0 Å². The molecule has 0 unspecified atom stereocenters. The number of ether oxygens (including phenoxy) is 2. The van der Waals surface area contributed by atoms with Crippen LogP contribution in [0.4, 0.5) is 28.6 Å². The van der Waals surface area contributed by atoms with E-state index in [9.17, 15) is 0 Å². The Labute approximate surface area is 202 Å². The number of hydrogen-bond donors (Lipinski definition) is 1. The lowest BCUT2D eigenvalue weighted by Gasteiger charge is -2.33. The highest BCUT2D eigenvalue weighted by atomic mass is 16.5. The van der Waals surface area contributed by atoms with E-state index in [0.29, 0.717) is 0 Å². The van der Waals surface area contributed by atoms with Gasteiger partial charge < -0.3 is 14.8 Å². The predicted octanol–water partition coefficient (Wildman–Crippen LogP) is 7.88. The first kappa shape index (κ1) is 19.6. The van der Waals surface area contributed by atoms with E-state index < -0.39 is 0 Å². The number of para-hydroxylation sites is 5. The normalized spacial score (nSPS) is 12.8. The molecule has 0 saturated heterocycles. The smallest absolute Gasteiger partial charge is 0.159 e. The minimum Gasteiger partial charge on any atom is -0.453 e. The van der Waals surface area contributed by atoms with Gasteiger partial charge in [-0.1, -0.05) is 42.5 Å². The van der Waals surface area contributed by atoms with Crippen LogP contribution in [0, 0.1) is 6.92 Å². The largest absolute Gasteiger partial charge is 0.453 e. The molecule has 0 atom stereocenters. The Bertz CT molecular complexity index is 1600. The molecule has 4 aromatic carbocycles. The Kier molecular flexibility index (Phi) is 4.26. The van der Waals surface area contributed by atoms with Gasteiger partial charge >= 0.3 is 0 Å². The first-order valence-electron chi connectivity index (χ1n) is 11.4. The first-order chi connectivity index (χ1) is 17.3. The Morgan fingerprint density at radius 1 is 0.686 bits per heavy atom. The van der Waals surface area contributed by atoms with Gasteiger partial charge in [0.1, 0.15) is 0 Å². The lowest BCUT2D eigenvalue weighted by Crippen LogP contribution is -2.18. The summed E-state index contributed by atoms with van der Waals surface area (Å²) in [4.78, 5) is 11.3. The van der Waals surface area contributed by atoms with Crippen molar-refractivity contribution in [2.24, 2.45) is 0 Å². The van der Waals surface area contributed by atoms with Crippen molar-refractivity contribution in [3.8, 4) is 34.1 Å². The van der Waals surface area contributed by atoms with Gasteiger partial charge in [0.05, 0.1) is 28.4 Å². The van der Waals surface area contributed by atoms with E-state index in [2.05, 4.69) is 38.4 Å². The molecule has 2 aliphatic rings. The van der Waals surface area contributed by atoms with Gasteiger partial charge in [-0.15, -0.1) is 0 Å². The molecule has 5 aromatic rings. The quantitative estimate of drug-likeness (QED) is 0.286. The van der Waals surface area contributed by atoms with Crippen LogP contribution in [-0.4, -0.2) is 9.97 Å². The van der Waals surface area contributed by atoms with Crippen molar-refractivity contribution in [1.82, 2.24) is 9.97 Å². The molecule has 0 fully saturated rings. The van der Waals surface area contributed by atoms with Crippen molar-refractivity contribution in [2.45, 2.75) is 6.92 Å². The molecule has 0 saturated carbocycles. The van der Waals surface area contributed by atoms with E-state index >= 15 is 0 Å². The first-order valence-corrected chi connectivity index (χ1v) is 11.4. The standard InChI is InChI=1S/C29H20N4O2/c1-18-29(31-16-15-30-18)33-22-9-3-5-11-25(22)35-26-14-13-19(17-23(26)33)20-7-6-12-27-28(20)32-21-8-2-4-10-24(21)34-27/h2-17,32H,1H3. The van der Waals surface area contributed by atoms with Gasteiger partial charge in [0.2, 0.25) is 0 Å². The average molecular weight is 457 g/mol. The number of rotatable bonds is 2. The summed E-state index contributed by atoms with van der Waals surface area (Å²) in [7, 11) is 0. The maximum absolute atomic E-state index is 6.29. The fraction of sp³-hybridized carbons (Fsp3) is 0.0345. The fourth-order valence-corrected chi connectivity index (χ4v) is 4.67. The zero-order valence-electron chi connectivity index (χ0n) is 18.9. The van der Waals surface area contributed by atoms with Gasteiger partial charge in [-0.3, -0.25) is 9.88 Å². The second kappa shape index (κ2) is 7.60. The molecule has 0 bridgehead atoms. The zero-order chi connectivity index (χ0) is 23.4. The van der Waals surface area contributed by atoms with Gasteiger partial charge in [0, 0.05) is 18.0 Å². The summed E-state index contributed by atoms with van der Waals surface area (Å²) >= 11 is 0. The topological polar surface area (TPSA) is 59.5 Å². The van der Waals surface area contributed by atoms with Crippen molar-refractivity contribution in [3.05, 3.63) is 103 Å². The van der Waals surface area contributed by atoms with E-state index in [4.69, 9.17) is 9.47 Å². The van der Waals surface area contributed by atoms with Crippen LogP contribution in [0.15, 0.2) is 97.3 Å². The van der Waals surface area contributed by atoms with E-state index in [0.717, 1.165) is 68.4 Å². The summed E-state index contributed by atoms with van der Waals surface area (Å²) in [5, 5.41) is 3.56. The van der Waals surface area contributed by atoms with E-state index in [1.807, 2.05) is 73.7 Å². The molecule has 0 radical (unpaired) electrons. The molecule has 0 spiro atoms. The van der Waals surface area contributed by atoms with Crippen molar-refractivity contribution in [3.63, 3.8) is 0 Å². The number of anilines is 5. The van der Waals surface area contributed by atoms with Gasteiger partial charge in [-0.2, -0.15) is 0 Å². The molecule has 0 amide bonds. The van der Waals surface area contributed by atoms with Crippen molar-refractivity contribution >= 4 is 28.6 Å². The van der Waals surface area contributed by atoms with E-state index in [1.54, 1.807) is 12.4 Å². The highest BCUT2D eigenvalue weighted by molar-refractivity contribution is 5.92. The molecule has 168 valence electrons. The van der Waals surface area contributed by atoms with E-state index in [-0.39, 0.29) is 0 Å². The Hall–Kier alpha value is -4.84. The summed E-state index contributed by atoms with van der Waals surface area (Å²) in [6.07, 6.45) is 3.43. The van der Waals surface area contributed by atoms with Crippen LogP contribution in [0.25, 0.3) is 11.1 Å². The molecule has 2 aliphatic heterocycles. The molecule has 7 rings (SSSR count). The van der Waals surface area contributed by atoms with Gasteiger partial charge in [-0.05, 0) is 55.0 Å².